The maximum absolute atomic E-state index is 12.7. The SMILES string of the molecule is Cc1nc(Nc2ccc(Cl)cc2C)cc(C(=O)N2CCN(C=O)CC2)n1. The number of nitrogens with one attached hydrogen (secondary N) is 1. The highest BCUT2D eigenvalue weighted by Crippen LogP contribution is 2.23. The van der Waals surface area contributed by atoms with Gasteiger partial charge in [0.1, 0.15) is 17.3 Å². The van der Waals surface area contributed by atoms with Gasteiger partial charge >= 0.3 is 0 Å². The van der Waals surface area contributed by atoms with E-state index < -0.39 is 0 Å². The number of carbonyl (C=O) groups is 2. The first-order valence-corrected chi connectivity index (χ1v) is 8.71. The van der Waals surface area contributed by atoms with Crippen molar-refractivity contribution < 1.29 is 9.59 Å². The number of carbonyl (C=O) groups excluding carboxylic acids is 2. The first kappa shape index (κ1) is 18.1. The lowest BCUT2D eigenvalue weighted by atomic mass is 10.2. The molecule has 1 saturated heterocycles. The number of aromatic nitrogens is 2. The number of nitrogens with zero attached hydrogens (tertiary/aromatic N) is 4. The molecule has 136 valence electrons. The lowest BCUT2D eigenvalue weighted by Crippen LogP contribution is -2.48. The van der Waals surface area contributed by atoms with Crippen molar-refractivity contribution in [3.05, 3.63) is 46.4 Å². The van der Waals surface area contributed by atoms with Crippen LogP contribution >= 0.6 is 11.6 Å². The number of hydrogen-bond acceptors (Lipinski definition) is 5. The molecule has 2 amide bonds. The Bertz CT molecular complexity index is 834. The molecule has 0 aliphatic carbocycles. The molecule has 26 heavy (non-hydrogen) atoms. The van der Waals surface area contributed by atoms with E-state index in [1.165, 1.54) is 0 Å². The summed E-state index contributed by atoms with van der Waals surface area (Å²) in [5, 5.41) is 3.88. The molecule has 1 aliphatic rings. The summed E-state index contributed by atoms with van der Waals surface area (Å²) in [7, 11) is 0. The van der Waals surface area contributed by atoms with Crippen LogP contribution in [0.5, 0.6) is 0 Å². The largest absolute Gasteiger partial charge is 0.342 e. The maximum atomic E-state index is 12.7. The number of piperazine rings is 1. The van der Waals surface area contributed by atoms with E-state index in [-0.39, 0.29) is 5.91 Å². The molecule has 7 nitrogen and oxygen atoms in total. The van der Waals surface area contributed by atoms with Gasteiger partial charge in [0.05, 0.1) is 0 Å². The van der Waals surface area contributed by atoms with Crippen LogP contribution in [0.2, 0.25) is 5.02 Å². The maximum Gasteiger partial charge on any atom is 0.272 e. The van der Waals surface area contributed by atoms with E-state index in [0.717, 1.165) is 17.7 Å². The first-order valence-electron chi connectivity index (χ1n) is 8.34. The fourth-order valence-corrected chi connectivity index (χ4v) is 3.07. The van der Waals surface area contributed by atoms with Crippen LogP contribution in [0.15, 0.2) is 24.3 Å². The fourth-order valence-electron chi connectivity index (χ4n) is 2.84. The minimum Gasteiger partial charge on any atom is -0.342 e. The van der Waals surface area contributed by atoms with E-state index in [9.17, 15) is 9.59 Å². The predicted octanol–water partition coefficient (Wildman–Crippen LogP) is 2.40. The monoisotopic (exact) mass is 373 g/mol. The third-order valence-electron chi connectivity index (χ3n) is 4.26. The average Bonchev–Trinajstić information content (AvgIpc) is 2.63. The Hall–Kier alpha value is -2.67. The van der Waals surface area contributed by atoms with Crippen LogP contribution in [-0.4, -0.2) is 58.3 Å². The number of halogens is 1. The Kier molecular flexibility index (Phi) is 5.37. The van der Waals surface area contributed by atoms with Crippen LogP contribution in [-0.2, 0) is 4.79 Å². The number of anilines is 2. The second-order valence-electron chi connectivity index (χ2n) is 6.20. The van der Waals surface area contributed by atoms with Gasteiger partial charge in [0, 0.05) is 43.0 Å². The lowest BCUT2D eigenvalue weighted by molar-refractivity contribution is -0.119. The predicted molar refractivity (Wildman–Crippen MR) is 99.8 cm³/mol. The highest BCUT2D eigenvalue weighted by Gasteiger charge is 2.23. The van der Waals surface area contributed by atoms with Crippen molar-refractivity contribution in [2.24, 2.45) is 0 Å². The van der Waals surface area contributed by atoms with Gasteiger partial charge in [0.25, 0.3) is 5.91 Å². The molecule has 1 aromatic heterocycles. The third-order valence-corrected chi connectivity index (χ3v) is 4.49. The molecule has 1 aromatic carbocycles. The summed E-state index contributed by atoms with van der Waals surface area (Å²) in [6, 6.07) is 7.17. The van der Waals surface area contributed by atoms with E-state index in [1.54, 1.807) is 28.9 Å². The minimum atomic E-state index is -0.156. The van der Waals surface area contributed by atoms with Crippen LogP contribution in [0.25, 0.3) is 0 Å². The Morgan fingerprint density at radius 3 is 2.54 bits per heavy atom. The zero-order chi connectivity index (χ0) is 18.7. The quantitative estimate of drug-likeness (QED) is 0.832. The third kappa shape index (κ3) is 4.11. The van der Waals surface area contributed by atoms with E-state index >= 15 is 0 Å². The van der Waals surface area contributed by atoms with Crippen molar-refractivity contribution in [3.8, 4) is 0 Å². The Balaban J connectivity index is 1.79. The number of aryl methyl sites for hydroxylation is 2. The van der Waals surface area contributed by atoms with Gasteiger partial charge in [-0.05, 0) is 37.6 Å². The summed E-state index contributed by atoms with van der Waals surface area (Å²) in [6.07, 6.45) is 0.813. The summed E-state index contributed by atoms with van der Waals surface area (Å²) in [4.78, 5) is 35.6. The summed E-state index contributed by atoms with van der Waals surface area (Å²) in [5.41, 5.74) is 2.18. The van der Waals surface area contributed by atoms with Gasteiger partial charge in [-0.15, -0.1) is 0 Å². The summed E-state index contributed by atoms with van der Waals surface area (Å²) in [5.74, 6) is 0.909. The van der Waals surface area contributed by atoms with Crippen LogP contribution in [0.3, 0.4) is 0 Å². The molecule has 1 fully saturated rings. The van der Waals surface area contributed by atoms with Crippen LogP contribution in [0, 0.1) is 13.8 Å². The van der Waals surface area contributed by atoms with Crippen molar-refractivity contribution in [2.75, 3.05) is 31.5 Å². The van der Waals surface area contributed by atoms with Gasteiger partial charge in [-0.25, -0.2) is 9.97 Å². The molecule has 0 radical (unpaired) electrons. The molecule has 2 heterocycles. The molecule has 1 N–H and O–H groups in total. The Labute approximate surface area is 157 Å². The topological polar surface area (TPSA) is 78.4 Å². The molecule has 0 bridgehead atoms. The Morgan fingerprint density at radius 1 is 1.15 bits per heavy atom. The molecule has 0 atom stereocenters. The van der Waals surface area contributed by atoms with Gasteiger partial charge in [0.2, 0.25) is 6.41 Å². The normalized spacial score (nSPS) is 14.3. The second kappa shape index (κ2) is 7.70. The summed E-state index contributed by atoms with van der Waals surface area (Å²) < 4.78 is 0. The molecule has 1 aliphatic heterocycles. The number of hydrogen-bond donors (Lipinski definition) is 1. The Morgan fingerprint density at radius 2 is 1.88 bits per heavy atom. The lowest BCUT2D eigenvalue weighted by Gasteiger charge is -2.32. The smallest absolute Gasteiger partial charge is 0.272 e. The second-order valence-corrected chi connectivity index (χ2v) is 6.64. The molecule has 2 aromatic rings. The first-order chi connectivity index (χ1) is 12.5. The van der Waals surface area contributed by atoms with E-state index in [4.69, 9.17) is 11.6 Å². The summed E-state index contributed by atoms with van der Waals surface area (Å²) in [6.45, 7) is 5.77. The van der Waals surface area contributed by atoms with Crippen LogP contribution in [0.4, 0.5) is 11.5 Å². The molecule has 8 heteroatoms. The highest BCUT2D eigenvalue weighted by molar-refractivity contribution is 6.30. The van der Waals surface area contributed by atoms with Crippen molar-refractivity contribution in [1.82, 2.24) is 19.8 Å². The van der Waals surface area contributed by atoms with E-state index in [2.05, 4.69) is 15.3 Å². The van der Waals surface area contributed by atoms with Gasteiger partial charge in [-0.3, -0.25) is 9.59 Å². The number of benzene rings is 1. The fraction of sp³-hybridized carbons (Fsp3) is 0.333. The van der Waals surface area contributed by atoms with E-state index in [0.29, 0.717) is 48.5 Å². The standard InChI is InChI=1S/C18H20ClN5O2/c1-12-9-14(19)3-4-15(12)22-17-10-16(20-13(2)21-17)18(26)24-7-5-23(11-25)6-8-24/h3-4,9-11H,5-8H2,1-2H3,(H,20,21,22). The highest BCUT2D eigenvalue weighted by atomic mass is 35.5. The number of rotatable bonds is 4. The molecule has 0 spiro atoms. The van der Waals surface area contributed by atoms with Crippen molar-refractivity contribution in [1.29, 1.82) is 0 Å². The van der Waals surface area contributed by atoms with Crippen LogP contribution in [0.1, 0.15) is 21.9 Å². The van der Waals surface area contributed by atoms with Crippen molar-refractivity contribution in [3.63, 3.8) is 0 Å². The zero-order valence-corrected chi connectivity index (χ0v) is 15.5. The van der Waals surface area contributed by atoms with Crippen LogP contribution < -0.4 is 5.32 Å². The molecular formula is C18H20ClN5O2. The number of amides is 2. The molecule has 0 unspecified atom stereocenters. The van der Waals surface area contributed by atoms with Crippen molar-refractivity contribution in [2.45, 2.75) is 13.8 Å². The zero-order valence-electron chi connectivity index (χ0n) is 14.7. The van der Waals surface area contributed by atoms with Gasteiger partial charge in [-0.2, -0.15) is 0 Å². The van der Waals surface area contributed by atoms with Crippen molar-refractivity contribution >= 4 is 35.4 Å². The molecular weight excluding hydrogens is 354 g/mol. The van der Waals surface area contributed by atoms with Gasteiger partial charge in [-0.1, -0.05) is 11.6 Å². The minimum absolute atomic E-state index is 0.156. The average molecular weight is 374 g/mol. The van der Waals surface area contributed by atoms with Gasteiger partial charge in [0.15, 0.2) is 0 Å². The summed E-state index contributed by atoms with van der Waals surface area (Å²) >= 11 is 5.99. The van der Waals surface area contributed by atoms with Gasteiger partial charge < -0.3 is 15.1 Å². The molecule has 0 saturated carbocycles. The van der Waals surface area contributed by atoms with E-state index in [1.807, 2.05) is 19.1 Å². The molecule has 3 rings (SSSR count).